The summed E-state index contributed by atoms with van der Waals surface area (Å²) in [5, 5.41) is 0. The van der Waals surface area contributed by atoms with E-state index in [1.54, 1.807) is 0 Å². The van der Waals surface area contributed by atoms with Gasteiger partial charge in [-0.05, 0) is 91.3 Å². The van der Waals surface area contributed by atoms with Crippen molar-refractivity contribution >= 4 is 11.8 Å². The molecule has 4 saturated carbocycles. The standard InChI is InChI=1S/C29H48O3/c1-18(2)8-7-9-19(3)23-10-11-24-22-17-27(31)26-16-21(32-20(4)30)12-14-29(26,6)25(22)13-15-28(23,24)5/h18-19,21-26H,7-17H2,1-6H3/t19-,21?,22?,23-,24?,25?,26?,28-,29-/m1/s1. The number of fused-ring (bicyclic) bond motifs is 5. The fraction of sp³-hybridized carbons (Fsp3) is 0.931. The molecule has 0 heterocycles. The van der Waals surface area contributed by atoms with Crippen LogP contribution < -0.4 is 0 Å². The normalized spacial score (nSPS) is 44.5. The molecule has 4 aliphatic carbocycles. The third-order valence-corrected chi connectivity index (χ3v) is 10.9. The number of hydrogen-bond donors (Lipinski definition) is 0. The molecule has 0 aromatic rings. The van der Waals surface area contributed by atoms with Crippen molar-refractivity contribution < 1.29 is 14.3 Å². The van der Waals surface area contributed by atoms with E-state index in [1.807, 2.05) is 0 Å². The minimum Gasteiger partial charge on any atom is -0.463 e. The Kier molecular flexibility index (Phi) is 6.87. The van der Waals surface area contributed by atoms with Crippen LogP contribution in [0.2, 0.25) is 0 Å². The molecule has 0 radical (unpaired) electrons. The van der Waals surface area contributed by atoms with E-state index in [0.717, 1.165) is 49.4 Å². The predicted molar refractivity (Wildman–Crippen MR) is 129 cm³/mol. The highest BCUT2D eigenvalue weighted by Crippen LogP contribution is 2.68. The number of Topliss-reactive ketones (excluding diaryl/α,β-unsaturated/α-hetero) is 1. The lowest BCUT2D eigenvalue weighted by atomic mass is 9.44. The van der Waals surface area contributed by atoms with E-state index in [-0.39, 0.29) is 23.4 Å². The Morgan fingerprint density at radius 3 is 2.38 bits per heavy atom. The van der Waals surface area contributed by atoms with Gasteiger partial charge in [-0.1, -0.05) is 53.9 Å². The van der Waals surface area contributed by atoms with Crippen LogP contribution in [0.15, 0.2) is 0 Å². The summed E-state index contributed by atoms with van der Waals surface area (Å²) in [6, 6.07) is 0. The van der Waals surface area contributed by atoms with Crippen molar-refractivity contribution in [2.75, 3.05) is 0 Å². The van der Waals surface area contributed by atoms with Gasteiger partial charge < -0.3 is 4.74 Å². The molecule has 9 atom stereocenters. The first-order valence-corrected chi connectivity index (χ1v) is 13.8. The second-order valence-corrected chi connectivity index (χ2v) is 13.1. The summed E-state index contributed by atoms with van der Waals surface area (Å²) in [5.41, 5.74) is 0.537. The van der Waals surface area contributed by atoms with Crippen LogP contribution in [0, 0.1) is 52.3 Å². The summed E-state index contributed by atoms with van der Waals surface area (Å²) in [4.78, 5) is 25.0. The molecule has 0 amide bonds. The molecular formula is C29H48O3. The minimum absolute atomic E-state index is 0.0533. The largest absolute Gasteiger partial charge is 0.463 e. The Morgan fingerprint density at radius 1 is 1.00 bits per heavy atom. The Labute approximate surface area is 196 Å². The fourth-order valence-electron chi connectivity index (χ4n) is 9.37. The van der Waals surface area contributed by atoms with Gasteiger partial charge in [-0.3, -0.25) is 9.59 Å². The number of carbonyl (C=O) groups excluding carboxylic acids is 2. The average Bonchev–Trinajstić information content (AvgIpc) is 3.06. The van der Waals surface area contributed by atoms with Crippen LogP contribution in [-0.2, 0) is 14.3 Å². The topological polar surface area (TPSA) is 43.4 Å². The Balaban J connectivity index is 1.48. The maximum atomic E-state index is 13.5. The van der Waals surface area contributed by atoms with Crippen molar-refractivity contribution in [1.82, 2.24) is 0 Å². The molecule has 5 unspecified atom stereocenters. The van der Waals surface area contributed by atoms with Gasteiger partial charge in [0.15, 0.2) is 0 Å². The molecule has 4 fully saturated rings. The van der Waals surface area contributed by atoms with Gasteiger partial charge in [-0.15, -0.1) is 0 Å². The van der Waals surface area contributed by atoms with Crippen molar-refractivity contribution in [3.63, 3.8) is 0 Å². The molecule has 0 N–H and O–H groups in total. The molecule has 0 aromatic heterocycles. The fourth-order valence-corrected chi connectivity index (χ4v) is 9.37. The number of ether oxygens (including phenoxy) is 1. The first-order chi connectivity index (χ1) is 15.1. The van der Waals surface area contributed by atoms with Crippen LogP contribution in [0.5, 0.6) is 0 Å². The zero-order valence-corrected chi connectivity index (χ0v) is 21.6. The summed E-state index contributed by atoms with van der Waals surface area (Å²) in [7, 11) is 0. The van der Waals surface area contributed by atoms with E-state index >= 15 is 0 Å². The summed E-state index contributed by atoms with van der Waals surface area (Å²) in [6.07, 6.45) is 12.9. The van der Waals surface area contributed by atoms with Crippen LogP contribution in [-0.4, -0.2) is 17.9 Å². The first kappa shape index (κ1) is 24.3. The van der Waals surface area contributed by atoms with Gasteiger partial charge in [-0.25, -0.2) is 0 Å². The summed E-state index contributed by atoms with van der Waals surface area (Å²) in [6.45, 7) is 13.7. The average molecular weight is 445 g/mol. The molecule has 32 heavy (non-hydrogen) atoms. The SMILES string of the molecule is CC(=O)OC1CC[C@@]2(C)C(C1)C(=O)CC1C2CC[C@@]2(C)C1CC[C@@H]2[C@H](C)CCCC(C)C. The number of rotatable bonds is 6. The van der Waals surface area contributed by atoms with Crippen molar-refractivity contribution in [2.45, 2.75) is 118 Å². The smallest absolute Gasteiger partial charge is 0.302 e. The van der Waals surface area contributed by atoms with Crippen LogP contribution in [0.1, 0.15) is 112 Å². The number of esters is 1. The molecule has 0 aliphatic heterocycles. The van der Waals surface area contributed by atoms with Crippen molar-refractivity contribution in [1.29, 1.82) is 0 Å². The maximum absolute atomic E-state index is 13.5. The zero-order chi connectivity index (χ0) is 23.3. The minimum atomic E-state index is -0.201. The van der Waals surface area contributed by atoms with Crippen LogP contribution >= 0.6 is 0 Å². The number of carbonyl (C=O) groups is 2. The van der Waals surface area contributed by atoms with Gasteiger partial charge in [0.05, 0.1) is 0 Å². The molecule has 0 spiro atoms. The van der Waals surface area contributed by atoms with Crippen molar-refractivity contribution in [3.8, 4) is 0 Å². The molecule has 4 rings (SSSR count). The third kappa shape index (κ3) is 4.20. The van der Waals surface area contributed by atoms with Crippen LogP contribution in [0.4, 0.5) is 0 Å². The Hall–Kier alpha value is -0.860. The van der Waals surface area contributed by atoms with Gasteiger partial charge in [-0.2, -0.15) is 0 Å². The van der Waals surface area contributed by atoms with Crippen molar-refractivity contribution in [3.05, 3.63) is 0 Å². The molecule has 0 bridgehead atoms. The second-order valence-electron chi connectivity index (χ2n) is 13.1. The van der Waals surface area contributed by atoms with Crippen molar-refractivity contribution in [2.24, 2.45) is 52.3 Å². The summed E-state index contributed by atoms with van der Waals surface area (Å²) in [5.74, 6) is 4.81. The molecule has 182 valence electrons. The lowest BCUT2D eigenvalue weighted by molar-refractivity contribution is -0.169. The highest BCUT2D eigenvalue weighted by molar-refractivity contribution is 5.83. The second kappa shape index (κ2) is 9.06. The van der Waals surface area contributed by atoms with E-state index in [2.05, 4.69) is 34.6 Å². The van der Waals surface area contributed by atoms with Gasteiger partial charge >= 0.3 is 5.97 Å². The van der Waals surface area contributed by atoms with E-state index in [1.165, 1.54) is 51.9 Å². The predicted octanol–water partition coefficient (Wildman–Crippen LogP) is 7.22. The van der Waals surface area contributed by atoms with Crippen LogP contribution in [0.25, 0.3) is 0 Å². The highest BCUT2D eigenvalue weighted by Gasteiger charge is 2.62. The third-order valence-electron chi connectivity index (χ3n) is 10.9. The highest BCUT2D eigenvalue weighted by atomic mass is 16.5. The number of hydrogen-bond acceptors (Lipinski definition) is 3. The molecule has 0 saturated heterocycles. The van der Waals surface area contributed by atoms with E-state index < -0.39 is 0 Å². The maximum Gasteiger partial charge on any atom is 0.302 e. The van der Waals surface area contributed by atoms with Gasteiger partial charge in [0.2, 0.25) is 0 Å². The lowest BCUT2D eigenvalue weighted by Crippen LogP contribution is -2.57. The number of ketones is 1. The summed E-state index contributed by atoms with van der Waals surface area (Å²) >= 11 is 0. The van der Waals surface area contributed by atoms with E-state index in [4.69, 9.17) is 4.74 Å². The van der Waals surface area contributed by atoms with Crippen LogP contribution in [0.3, 0.4) is 0 Å². The first-order valence-electron chi connectivity index (χ1n) is 13.8. The van der Waals surface area contributed by atoms with E-state index in [9.17, 15) is 9.59 Å². The molecule has 4 aliphatic rings. The quantitative estimate of drug-likeness (QED) is 0.406. The summed E-state index contributed by atoms with van der Waals surface area (Å²) < 4.78 is 5.55. The monoisotopic (exact) mass is 444 g/mol. The van der Waals surface area contributed by atoms with Gasteiger partial charge in [0, 0.05) is 19.3 Å². The molecular weight excluding hydrogens is 396 g/mol. The van der Waals surface area contributed by atoms with Gasteiger partial charge in [0.1, 0.15) is 11.9 Å². The zero-order valence-electron chi connectivity index (χ0n) is 21.6. The molecule has 0 aromatic carbocycles. The Bertz CT molecular complexity index is 713. The molecule has 3 nitrogen and oxygen atoms in total. The van der Waals surface area contributed by atoms with E-state index in [0.29, 0.717) is 23.0 Å². The lowest BCUT2D eigenvalue weighted by Gasteiger charge is -2.60. The molecule has 3 heteroatoms. The van der Waals surface area contributed by atoms with Gasteiger partial charge in [0.25, 0.3) is 0 Å². The Morgan fingerprint density at radius 2 is 1.69 bits per heavy atom.